The van der Waals surface area contributed by atoms with Crippen molar-refractivity contribution in [3.63, 3.8) is 0 Å². The summed E-state index contributed by atoms with van der Waals surface area (Å²) in [6.45, 7) is 6.93. The summed E-state index contributed by atoms with van der Waals surface area (Å²) >= 11 is 9.85. The van der Waals surface area contributed by atoms with Gasteiger partial charge >= 0.3 is 5.97 Å². The van der Waals surface area contributed by atoms with Crippen LogP contribution in [0.25, 0.3) is 0 Å². The molecular weight excluding hydrogens is 540 g/mol. The van der Waals surface area contributed by atoms with Crippen LogP contribution < -0.4 is 10.6 Å². The summed E-state index contributed by atoms with van der Waals surface area (Å²) in [4.78, 5) is 27.9. The highest BCUT2D eigenvalue weighted by molar-refractivity contribution is 9.10. The van der Waals surface area contributed by atoms with Gasteiger partial charge < -0.3 is 15.7 Å². The summed E-state index contributed by atoms with van der Waals surface area (Å²) in [5, 5.41) is 10.6. The van der Waals surface area contributed by atoms with Crippen molar-refractivity contribution in [3.05, 3.63) is 98.0 Å². The van der Waals surface area contributed by atoms with E-state index in [1.165, 1.54) is 5.56 Å². The Labute approximate surface area is 225 Å². The molecule has 188 valence electrons. The molecule has 1 atom stereocenters. The van der Waals surface area contributed by atoms with Crippen molar-refractivity contribution in [2.24, 2.45) is 5.73 Å². The number of amides is 1. The molecule has 4 rings (SSSR count). The third-order valence-electron chi connectivity index (χ3n) is 6.93. The molecule has 0 radical (unpaired) electrons. The van der Waals surface area contributed by atoms with Crippen molar-refractivity contribution in [1.29, 1.82) is 0 Å². The highest BCUT2D eigenvalue weighted by Crippen LogP contribution is 2.44. The SMILES string of the molecule is CC(C)(C)c1ccc(CC(C(N)=O)(c2cccc(Cl)c2)N2CCCc3cc(Br)cc(C(=O)O)c32)cc1. The largest absolute Gasteiger partial charge is 0.478 e. The second-order valence-electron chi connectivity index (χ2n) is 10.4. The first kappa shape index (κ1) is 26.2. The number of hydrogen-bond donors (Lipinski definition) is 2. The van der Waals surface area contributed by atoms with E-state index in [0.29, 0.717) is 33.7 Å². The van der Waals surface area contributed by atoms with Crippen LogP contribution in [-0.2, 0) is 28.6 Å². The summed E-state index contributed by atoms with van der Waals surface area (Å²) in [5.74, 6) is -1.62. The first-order chi connectivity index (χ1) is 16.9. The highest BCUT2D eigenvalue weighted by atomic mass is 79.9. The van der Waals surface area contributed by atoms with Gasteiger partial charge in [-0.2, -0.15) is 0 Å². The molecule has 3 aromatic rings. The van der Waals surface area contributed by atoms with Crippen LogP contribution in [0.5, 0.6) is 0 Å². The summed E-state index contributed by atoms with van der Waals surface area (Å²) in [5.41, 5.74) is 9.17. The maximum absolute atomic E-state index is 13.6. The molecule has 36 heavy (non-hydrogen) atoms. The van der Waals surface area contributed by atoms with E-state index in [-0.39, 0.29) is 17.4 Å². The fraction of sp³-hybridized carbons (Fsp3) is 0.310. The lowest BCUT2D eigenvalue weighted by molar-refractivity contribution is -0.123. The van der Waals surface area contributed by atoms with Crippen molar-refractivity contribution < 1.29 is 14.7 Å². The first-order valence-electron chi connectivity index (χ1n) is 11.9. The molecule has 0 fully saturated rings. The molecule has 0 spiro atoms. The van der Waals surface area contributed by atoms with E-state index < -0.39 is 17.4 Å². The van der Waals surface area contributed by atoms with E-state index in [1.54, 1.807) is 24.3 Å². The number of primary amides is 1. The molecule has 7 heteroatoms. The minimum absolute atomic E-state index is 0.0121. The second kappa shape index (κ2) is 9.91. The molecule has 1 amide bonds. The number of fused-ring (bicyclic) bond motifs is 1. The molecule has 5 nitrogen and oxygen atoms in total. The number of benzene rings is 3. The Bertz CT molecular complexity index is 1320. The standard InChI is InChI=1S/C29H30BrClN2O3/c1-28(2,3)20-11-9-18(10-12-20)17-29(27(32)36,21-7-4-8-23(31)15-21)33-13-5-6-19-14-22(30)16-24(25(19)33)26(34)35/h4,7-12,14-16H,5-6,13,17H2,1-3H3,(H2,32,36)(H,34,35). The van der Waals surface area contributed by atoms with E-state index in [4.69, 9.17) is 17.3 Å². The van der Waals surface area contributed by atoms with Crippen LogP contribution in [0.15, 0.2) is 65.1 Å². The monoisotopic (exact) mass is 568 g/mol. The molecule has 0 aromatic heterocycles. The van der Waals surface area contributed by atoms with Gasteiger partial charge in [-0.3, -0.25) is 4.79 Å². The zero-order chi connectivity index (χ0) is 26.3. The highest BCUT2D eigenvalue weighted by Gasteiger charge is 2.47. The molecule has 0 bridgehead atoms. The fourth-order valence-electron chi connectivity index (χ4n) is 5.13. The van der Waals surface area contributed by atoms with E-state index in [1.807, 2.05) is 29.2 Å². The molecule has 0 saturated carbocycles. The first-order valence-corrected chi connectivity index (χ1v) is 13.1. The average molecular weight is 570 g/mol. The van der Waals surface area contributed by atoms with Gasteiger partial charge in [0, 0.05) is 22.5 Å². The number of carbonyl (C=O) groups is 2. The molecular formula is C29H30BrClN2O3. The van der Waals surface area contributed by atoms with Gasteiger partial charge in [0.2, 0.25) is 5.91 Å². The third-order valence-corrected chi connectivity index (χ3v) is 7.63. The third kappa shape index (κ3) is 4.89. The maximum atomic E-state index is 13.6. The van der Waals surface area contributed by atoms with Crippen molar-refractivity contribution in [2.45, 2.75) is 51.0 Å². The van der Waals surface area contributed by atoms with E-state index in [2.05, 4.69) is 48.8 Å². The Hall–Kier alpha value is -2.83. The topological polar surface area (TPSA) is 83.6 Å². The molecule has 1 aliphatic heterocycles. The number of carboxylic acid groups (broad SMARTS) is 1. The molecule has 3 aromatic carbocycles. The number of aromatic carboxylic acids is 1. The fourth-order valence-corrected chi connectivity index (χ4v) is 5.82. The van der Waals surface area contributed by atoms with Crippen molar-refractivity contribution in [1.82, 2.24) is 0 Å². The van der Waals surface area contributed by atoms with Gasteiger partial charge in [0.25, 0.3) is 0 Å². The lowest BCUT2D eigenvalue weighted by Gasteiger charge is -2.47. The zero-order valence-corrected chi connectivity index (χ0v) is 23.0. The van der Waals surface area contributed by atoms with Crippen molar-refractivity contribution >= 4 is 45.1 Å². The molecule has 0 saturated heterocycles. The number of nitrogens with two attached hydrogens (primary N) is 1. The van der Waals surface area contributed by atoms with Crippen LogP contribution in [0, 0.1) is 0 Å². The van der Waals surface area contributed by atoms with Crippen LogP contribution in [-0.4, -0.2) is 23.5 Å². The molecule has 1 heterocycles. The van der Waals surface area contributed by atoms with Crippen molar-refractivity contribution in [3.8, 4) is 0 Å². The van der Waals surface area contributed by atoms with Crippen molar-refractivity contribution in [2.75, 3.05) is 11.4 Å². The number of hydrogen-bond acceptors (Lipinski definition) is 3. The molecule has 3 N–H and O–H groups in total. The maximum Gasteiger partial charge on any atom is 0.337 e. The quantitative estimate of drug-likeness (QED) is 0.356. The van der Waals surface area contributed by atoms with Gasteiger partial charge in [-0.1, -0.05) is 84.7 Å². The van der Waals surface area contributed by atoms with Crippen LogP contribution in [0.4, 0.5) is 5.69 Å². The Kier molecular flexibility index (Phi) is 7.22. The van der Waals surface area contributed by atoms with E-state index in [9.17, 15) is 14.7 Å². The Morgan fingerprint density at radius 1 is 1.06 bits per heavy atom. The molecule has 1 aliphatic rings. The number of aryl methyl sites for hydroxylation is 1. The number of rotatable bonds is 6. The van der Waals surface area contributed by atoms with Gasteiger partial charge in [-0.05, 0) is 64.8 Å². The smallest absolute Gasteiger partial charge is 0.337 e. The Morgan fingerprint density at radius 3 is 2.33 bits per heavy atom. The van der Waals surface area contributed by atoms with Gasteiger partial charge in [0.1, 0.15) is 5.54 Å². The Balaban J connectivity index is 1.97. The number of anilines is 1. The summed E-state index contributed by atoms with van der Waals surface area (Å²) < 4.78 is 0.686. The lowest BCUT2D eigenvalue weighted by Crippen LogP contribution is -2.58. The summed E-state index contributed by atoms with van der Waals surface area (Å²) in [6, 6.07) is 18.8. The number of carboxylic acids is 1. The number of halogens is 2. The van der Waals surface area contributed by atoms with Crippen LogP contribution >= 0.6 is 27.5 Å². The number of carbonyl (C=O) groups excluding carboxylic acids is 1. The predicted octanol–water partition coefficient (Wildman–Crippen LogP) is 6.47. The second-order valence-corrected chi connectivity index (χ2v) is 11.7. The predicted molar refractivity (Wildman–Crippen MR) is 148 cm³/mol. The minimum Gasteiger partial charge on any atom is -0.478 e. The zero-order valence-electron chi connectivity index (χ0n) is 20.6. The average Bonchev–Trinajstić information content (AvgIpc) is 2.81. The number of nitrogens with zero attached hydrogens (tertiary/aromatic N) is 1. The van der Waals surface area contributed by atoms with Gasteiger partial charge in [0.05, 0.1) is 11.3 Å². The van der Waals surface area contributed by atoms with Gasteiger partial charge in [-0.15, -0.1) is 0 Å². The minimum atomic E-state index is -1.35. The summed E-state index contributed by atoms with van der Waals surface area (Å²) in [6.07, 6.45) is 1.72. The van der Waals surface area contributed by atoms with Gasteiger partial charge in [-0.25, -0.2) is 4.79 Å². The normalized spacial score (nSPS) is 15.2. The Morgan fingerprint density at radius 2 is 1.75 bits per heavy atom. The molecule has 1 unspecified atom stereocenters. The van der Waals surface area contributed by atoms with Crippen LogP contribution in [0.3, 0.4) is 0 Å². The van der Waals surface area contributed by atoms with E-state index in [0.717, 1.165) is 17.5 Å². The molecule has 0 aliphatic carbocycles. The lowest BCUT2D eigenvalue weighted by atomic mass is 9.78. The van der Waals surface area contributed by atoms with Crippen LogP contribution in [0.2, 0.25) is 5.02 Å². The van der Waals surface area contributed by atoms with Crippen LogP contribution in [0.1, 0.15) is 59.8 Å². The summed E-state index contributed by atoms with van der Waals surface area (Å²) in [7, 11) is 0. The van der Waals surface area contributed by atoms with E-state index >= 15 is 0 Å². The van der Waals surface area contributed by atoms with Gasteiger partial charge in [0.15, 0.2) is 0 Å².